The molecule has 0 saturated heterocycles. The van der Waals surface area contributed by atoms with Crippen LogP contribution in [0.5, 0.6) is 0 Å². The molecule has 4 rings (SSSR count). The van der Waals surface area contributed by atoms with Crippen LogP contribution in [0.15, 0.2) is 57.0 Å². The van der Waals surface area contributed by atoms with E-state index in [0.29, 0.717) is 33.7 Å². The van der Waals surface area contributed by atoms with Gasteiger partial charge >= 0.3 is 0 Å². The number of rotatable bonds is 6. The fourth-order valence-corrected chi connectivity index (χ4v) is 4.93. The van der Waals surface area contributed by atoms with Gasteiger partial charge in [-0.1, -0.05) is 50.6 Å². The van der Waals surface area contributed by atoms with Crippen LogP contribution < -0.4 is 10.9 Å². The number of carbonyl (C=O) groups is 1. The third kappa shape index (κ3) is 4.46. The first-order valence-corrected chi connectivity index (χ1v) is 11.5. The Bertz CT molecular complexity index is 1080. The third-order valence-corrected chi connectivity index (χ3v) is 7.08. The van der Waals surface area contributed by atoms with Crippen LogP contribution in [0.1, 0.15) is 38.9 Å². The Morgan fingerprint density at radius 3 is 2.87 bits per heavy atom. The van der Waals surface area contributed by atoms with Crippen LogP contribution in [0, 0.1) is 11.8 Å². The first-order valence-electron chi connectivity index (χ1n) is 10.5. The number of nitrogens with one attached hydrogen (secondary N) is 1. The number of amides is 1. The molecular formula is C23H27N3O3S. The lowest BCUT2D eigenvalue weighted by molar-refractivity contribution is -0.120. The van der Waals surface area contributed by atoms with E-state index in [1.807, 2.05) is 24.3 Å². The second-order valence-electron chi connectivity index (χ2n) is 8.11. The second-order valence-corrected chi connectivity index (χ2v) is 9.05. The van der Waals surface area contributed by atoms with E-state index in [0.717, 1.165) is 12.8 Å². The molecule has 0 radical (unpaired) electrons. The van der Waals surface area contributed by atoms with E-state index in [-0.39, 0.29) is 29.8 Å². The van der Waals surface area contributed by atoms with Crippen LogP contribution in [0.4, 0.5) is 0 Å². The summed E-state index contributed by atoms with van der Waals surface area (Å²) in [5.74, 6) is 1.98. The van der Waals surface area contributed by atoms with Crippen molar-refractivity contribution in [3.8, 4) is 0 Å². The average Bonchev–Trinajstić information content (AvgIpc) is 3.25. The fourth-order valence-electron chi connectivity index (χ4n) is 4.12. The summed E-state index contributed by atoms with van der Waals surface area (Å²) in [6, 6.07) is 11.1. The summed E-state index contributed by atoms with van der Waals surface area (Å²) in [6.07, 6.45) is 4.99. The van der Waals surface area contributed by atoms with Crippen molar-refractivity contribution in [3.05, 3.63) is 58.8 Å². The minimum Gasteiger partial charge on any atom is -0.467 e. The van der Waals surface area contributed by atoms with E-state index in [9.17, 15) is 9.59 Å². The minimum atomic E-state index is -0.130. The van der Waals surface area contributed by atoms with Gasteiger partial charge in [0.25, 0.3) is 5.56 Å². The Balaban J connectivity index is 1.54. The third-order valence-electron chi connectivity index (χ3n) is 6.11. The van der Waals surface area contributed by atoms with Crippen LogP contribution in [0.2, 0.25) is 0 Å². The van der Waals surface area contributed by atoms with Gasteiger partial charge in [0.05, 0.1) is 29.5 Å². The summed E-state index contributed by atoms with van der Waals surface area (Å²) in [4.78, 5) is 30.4. The molecule has 3 aromatic rings. The van der Waals surface area contributed by atoms with Crippen molar-refractivity contribution in [2.75, 3.05) is 5.75 Å². The highest BCUT2D eigenvalue weighted by Gasteiger charge is 2.28. The zero-order chi connectivity index (χ0) is 21.1. The number of benzene rings is 1. The standard InChI is InChI=1S/C23H27N3O3S/c1-15-7-5-11-19(16(15)2)24-21(27)14-30-23-25-20-10-4-3-9-18(20)22(28)26(23)13-17-8-6-12-29-17/h3-4,6,8-10,12,15-16,19H,5,7,11,13-14H2,1-2H3,(H,24,27)/t15-,16-,19-/m1/s1. The van der Waals surface area contributed by atoms with Gasteiger partial charge in [0.2, 0.25) is 5.91 Å². The van der Waals surface area contributed by atoms with E-state index in [1.54, 1.807) is 23.0 Å². The number of thioether (sulfide) groups is 1. The lowest BCUT2D eigenvalue weighted by atomic mass is 9.78. The Hall–Kier alpha value is -2.54. The van der Waals surface area contributed by atoms with Gasteiger partial charge < -0.3 is 9.73 Å². The molecule has 2 heterocycles. The maximum absolute atomic E-state index is 13.1. The highest BCUT2D eigenvalue weighted by atomic mass is 32.2. The molecule has 1 amide bonds. The van der Waals surface area contributed by atoms with E-state index < -0.39 is 0 Å². The van der Waals surface area contributed by atoms with E-state index in [1.165, 1.54) is 18.2 Å². The van der Waals surface area contributed by atoms with Gasteiger partial charge in [-0.3, -0.25) is 14.2 Å². The second kappa shape index (κ2) is 9.08. The SMILES string of the molecule is C[C@@H]1[C@H](C)CCC[C@H]1NC(=O)CSc1nc2ccccc2c(=O)n1Cc1ccco1. The van der Waals surface area contributed by atoms with Crippen molar-refractivity contribution >= 4 is 28.6 Å². The first-order chi connectivity index (χ1) is 14.5. The molecule has 30 heavy (non-hydrogen) atoms. The molecule has 0 bridgehead atoms. The summed E-state index contributed by atoms with van der Waals surface area (Å²) in [5, 5.41) is 4.27. The number of fused-ring (bicyclic) bond motifs is 1. The summed E-state index contributed by atoms with van der Waals surface area (Å²) < 4.78 is 7.02. The molecule has 1 aliphatic carbocycles. The fraction of sp³-hybridized carbons (Fsp3) is 0.435. The number of carbonyl (C=O) groups excluding carboxylic acids is 1. The monoisotopic (exact) mass is 425 g/mol. The van der Waals surface area contributed by atoms with Crippen molar-refractivity contribution in [1.29, 1.82) is 0 Å². The van der Waals surface area contributed by atoms with Gasteiger partial charge in [-0.15, -0.1) is 0 Å². The van der Waals surface area contributed by atoms with Gasteiger partial charge in [0, 0.05) is 6.04 Å². The number of furan rings is 1. The minimum absolute atomic E-state index is 0.0158. The molecule has 0 spiro atoms. The molecule has 158 valence electrons. The molecule has 7 heteroatoms. The Kier molecular flexibility index (Phi) is 6.27. The van der Waals surface area contributed by atoms with Crippen molar-refractivity contribution in [2.24, 2.45) is 11.8 Å². The van der Waals surface area contributed by atoms with Gasteiger partial charge in [0.1, 0.15) is 5.76 Å². The van der Waals surface area contributed by atoms with Crippen LogP contribution in [-0.4, -0.2) is 27.3 Å². The van der Waals surface area contributed by atoms with E-state index in [2.05, 4.69) is 24.1 Å². The van der Waals surface area contributed by atoms with Crippen LogP contribution >= 0.6 is 11.8 Å². The van der Waals surface area contributed by atoms with Crippen molar-refractivity contribution in [1.82, 2.24) is 14.9 Å². The number of hydrogen-bond donors (Lipinski definition) is 1. The van der Waals surface area contributed by atoms with Gasteiger partial charge in [-0.05, 0) is 42.5 Å². The largest absolute Gasteiger partial charge is 0.467 e. The molecule has 0 unspecified atom stereocenters. The van der Waals surface area contributed by atoms with Crippen molar-refractivity contribution in [2.45, 2.75) is 50.9 Å². The number of nitrogens with zero attached hydrogens (tertiary/aromatic N) is 2. The predicted molar refractivity (Wildman–Crippen MR) is 119 cm³/mol. The Labute approximate surface area is 180 Å². The molecule has 1 aliphatic rings. The molecular weight excluding hydrogens is 398 g/mol. The van der Waals surface area contributed by atoms with Gasteiger partial charge in [-0.25, -0.2) is 4.98 Å². The topological polar surface area (TPSA) is 77.1 Å². The molecule has 3 atom stereocenters. The molecule has 6 nitrogen and oxygen atoms in total. The molecule has 2 aromatic heterocycles. The smallest absolute Gasteiger partial charge is 0.262 e. The Morgan fingerprint density at radius 1 is 1.23 bits per heavy atom. The number of aromatic nitrogens is 2. The predicted octanol–water partition coefficient (Wildman–Crippen LogP) is 4.07. The quantitative estimate of drug-likeness (QED) is 0.476. The molecule has 1 N–H and O–H groups in total. The first kappa shape index (κ1) is 20.7. The molecule has 0 aliphatic heterocycles. The van der Waals surface area contributed by atoms with Crippen LogP contribution in [0.25, 0.3) is 10.9 Å². The highest BCUT2D eigenvalue weighted by Crippen LogP contribution is 2.29. The maximum Gasteiger partial charge on any atom is 0.262 e. The molecule has 1 saturated carbocycles. The zero-order valence-corrected chi connectivity index (χ0v) is 18.2. The average molecular weight is 426 g/mol. The Morgan fingerprint density at radius 2 is 2.07 bits per heavy atom. The summed E-state index contributed by atoms with van der Waals surface area (Å²) in [5.41, 5.74) is 0.505. The van der Waals surface area contributed by atoms with Crippen molar-refractivity contribution in [3.63, 3.8) is 0 Å². The summed E-state index contributed by atoms with van der Waals surface area (Å²) in [7, 11) is 0. The lowest BCUT2D eigenvalue weighted by Crippen LogP contribution is -2.44. The highest BCUT2D eigenvalue weighted by molar-refractivity contribution is 7.99. The van der Waals surface area contributed by atoms with Gasteiger partial charge in [-0.2, -0.15) is 0 Å². The lowest BCUT2D eigenvalue weighted by Gasteiger charge is -2.34. The van der Waals surface area contributed by atoms with Gasteiger partial charge in [0.15, 0.2) is 5.16 Å². The van der Waals surface area contributed by atoms with Crippen molar-refractivity contribution < 1.29 is 9.21 Å². The van der Waals surface area contributed by atoms with E-state index >= 15 is 0 Å². The molecule has 1 aromatic carbocycles. The van der Waals surface area contributed by atoms with E-state index in [4.69, 9.17) is 4.42 Å². The van der Waals surface area contributed by atoms with Crippen LogP contribution in [-0.2, 0) is 11.3 Å². The summed E-state index contributed by atoms with van der Waals surface area (Å²) in [6.45, 7) is 4.75. The zero-order valence-electron chi connectivity index (χ0n) is 17.3. The number of hydrogen-bond acceptors (Lipinski definition) is 5. The van der Waals surface area contributed by atoms with Crippen LogP contribution in [0.3, 0.4) is 0 Å². The summed E-state index contributed by atoms with van der Waals surface area (Å²) >= 11 is 1.29. The maximum atomic E-state index is 13.1. The molecule has 1 fully saturated rings. The number of para-hydroxylation sites is 1. The normalized spacial score (nSPS) is 21.6.